The fourth-order valence-corrected chi connectivity index (χ4v) is 5.55. The van der Waals surface area contributed by atoms with E-state index in [0.717, 1.165) is 51.3 Å². The molecule has 7 nitrogen and oxygen atoms in total. The summed E-state index contributed by atoms with van der Waals surface area (Å²) in [5.41, 5.74) is 9.32. The number of hydrogen-bond acceptors (Lipinski definition) is 7. The number of hydrazone groups is 1. The molecule has 1 atom stereocenters. The number of aryl methyl sites for hydroxylation is 1. The lowest BCUT2D eigenvalue weighted by Crippen LogP contribution is -2.18. The van der Waals surface area contributed by atoms with E-state index in [4.69, 9.17) is 10.1 Å². The zero-order valence-electron chi connectivity index (χ0n) is 21.9. The van der Waals surface area contributed by atoms with Gasteiger partial charge < -0.3 is 4.90 Å². The highest BCUT2D eigenvalue weighted by atomic mass is 32.1. The first-order chi connectivity index (χ1) is 18.5. The molecule has 8 heteroatoms. The van der Waals surface area contributed by atoms with E-state index in [-0.39, 0.29) is 6.04 Å². The van der Waals surface area contributed by atoms with E-state index in [0.29, 0.717) is 0 Å². The number of hydrogen-bond donors (Lipinski definition) is 0. The number of rotatable bonds is 6. The van der Waals surface area contributed by atoms with Gasteiger partial charge >= 0.3 is 0 Å². The van der Waals surface area contributed by atoms with Gasteiger partial charge in [-0.15, -0.1) is 16.4 Å². The lowest BCUT2D eigenvalue weighted by Gasteiger charge is -2.22. The van der Waals surface area contributed by atoms with Crippen LogP contribution in [0.2, 0.25) is 0 Å². The SMILES string of the molecule is Cc1ccc(-n2nnc(C3=NN(c4nc(-c5ccccc5)cs4)C(c4ccc(N(C)C)cc4)C3)c2C)cc1. The van der Waals surface area contributed by atoms with Crippen LogP contribution in [0, 0.1) is 13.8 Å². The second kappa shape index (κ2) is 9.87. The molecular formula is C30H29N7S. The Bertz CT molecular complexity index is 1580. The smallest absolute Gasteiger partial charge is 0.207 e. The van der Waals surface area contributed by atoms with Gasteiger partial charge in [0.05, 0.1) is 28.8 Å². The monoisotopic (exact) mass is 519 g/mol. The molecule has 0 N–H and O–H groups in total. The Morgan fingerprint density at radius 1 is 0.895 bits per heavy atom. The summed E-state index contributed by atoms with van der Waals surface area (Å²) < 4.78 is 1.89. The topological polar surface area (TPSA) is 62.4 Å². The molecule has 0 saturated carbocycles. The number of benzene rings is 3. The van der Waals surface area contributed by atoms with Crippen molar-refractivity contribution in [2.24, 2.45) is 5.10 Å². The largest absolute Gasteiger partial charge is 0.378 e. The van der Waals surface area contributed by atoms with Crippen LogP contribution in [0.4, 0.5) is 10.8 Å². The Hall–Kier alpha value is -4.30. The molecule has 0 fully saturated rings. The number of aromatic nitrogens is 4. The van der Waals surface area contributed by atoms with E-state index < -0.39 is 0 Å². The average Bonchev–Trinajstić information content (AvgIpc) is 3.68. The molecule has 0 bridgehead atoms. The molecule has 1 aliphatic heterocycles. The normalized spacial score (nSPS) is 15.1. The summed E-state index contributed by atoms with van der Waals surface area (Å²) >= 11 is 1.61. The van der Waals surface area contributed by atoms with Crippen LogP contribution in [0.5, 0.6) is 0 Å². The van der Waals surface area contributed by atoms with Crippen LogP contribution in [0.25, 0.3) is 16.9 Å². The first-order valence-corrected chi connectivity index (χ1v) is 13.5. The average molecular weight is 520 g/mol. The highest BCUT2D eigenvalue weighted by molar-refractivity contribution is 7.14. The Morgan fingerprint density at radius 2 is 1.63 bits per heavy atom. The zero-order valence-corrected chi connectivity index (χ0v) is 22.7. The van der Waals surface area contributed by atoms with Crippen molar-refractivity contribution in [3.05, 3.63) is 107 Å². The number of anilines is 2. The third kappa shape index (κ3) is 4.48. The fraction of sp³-hybridized carbons (Fsp3) is 0.200. The maximum atomic E-state index is 5.10. The molecule has 0 spiro atoms. The van der Waals surface area contributed by atoms with Crippen LogP contribution < -0.4 is 9.91 Å². The first-order valence-electron chi connectivity index (χ1n) is 12.6. The molecule has 0 radical (unpaired) electrons. The summed E-state index contributed by atoms with van der Waals surface area (Å²) in [6.07, 6.45) is 0.717. The molecule has 3 aromatic carbocycles. The van der Waals surface area contributed by atoms with Gasteiger partial charge in [0.2, 0.25) is 5.13 Å². The molecule has 0 saturated heterocycles. The van der Waals surface area contributed by atoms with E-state index in [1.807, 2.05) is 22.9 Å². The summed E-state index contributed by atoms with van der Waals surface area (Å²) in [7, 11) is 4.11. The lowest BCUT2D eigenvalue weighted by molar-refractivity contribution is 0.706. The van der Waals surface area contributed by atoms with Crippen LogP contribution in [-0.4, -0.2) is 39.8 Å². The Balaban J connectivity index is 1.38. The molecule has 5 aromatic rings. The highest BCUT2D eigenvalue weighted by Gasteiger charge is 2.34. The fourth-order valence-electron chi connectivity index (χ4n) is 4.72. The third-order valence-corrected chi connectivity index (χ3v) is 7.74. The van der Waals surface area contributed by atoms with Crippen molar-refractivity contribution in [3.8, 4) is 16.9 Å². The van der Waals surface area contributed by atoms with E-state index in [1.54, 1.807) is 11.3 Å². The molecular weight excluding hydrogens is 490 g/mol. The van der Waals surface area contributed by atoms with Gasteiger partial charge in [-0.3, -0.25) is 0 Å². The van der Waals surface area contributed by atoms with E-state index in [9.17, 15) is 0 Å². The van der Waals surface area contributed by atoms with Crippen LogP contribution in [-0.2, 0) is 0 Å². The summed E-state index contributed by atoms with van der Waals surface area (Å²) in [5.74, 6) is 0. The number of nitrogens with zero attached hydrogens (tertiary/aromatic N) is 7. The highest BCUT2D eigenvalue weighted by Crippen LogP contribution is 2.40. The second-order valence-electron chi connectivity index (χ2n) is 9.75. The van der Waals surface area contributed by atoms with E-state index in [2.05, 4.69) is 114 Å². The van der Waals surface area contributed by atoms with Gasteiger partial charge in [0, 0.05) is 37.1 Å². The maximum absolute atomic E-state index is 5.10. The molecule has 2 aromatic heterocycles. The van der Waals surface area contributed by atoms with Crippen LogP contribution >= 0.6 is 11.3 Å². The molecule has 190 valence electrons. The van der Waals surface area contributed by atoms with Crippen molar-refractivity contribution in [1.29, 1.82) is 0 Å². The predicted octanol–water partition coefficient (Wildman–Crippen LogP) is 6.43. The Kier molecular flexibility index (Phi) is 6.25. The Labute approximate surface area is 226 Å². The minimum Gasteiger partial charge on any atom is -0.378 e. The van der Waals surface area contributed by atoms with Gasteiger partial charge in [0.1, 0.15) is 5.69 Å². The summed E-state index contributed by atoms with van der Waals surface area (Å²) in [6, 6.07) is 27.3. The maximum Gasteiger partial charge on any atom is 0.207 e. The van der Waals surface area contributed by atoms with Gasteiger partial charge in [0.15, 0.2) is 0 Å². The molecule has 0 amide bonds. The van der Waals surface area contributed by atoms with Crippen molar-refractivity contribution < 1.29 is 0 Å². The molecule has 3 heterocycles. The molecule has 1 unspecified atom stereocenters. The van der Waals surface area contributed by atoms with E-state index in [1.165, 1.54) is 11.1 Å². The van der Waals surface area contributed by atoms with Crippen LogP contribution in [0.3, 0.4) is 0 Å². The van der Waals surface area contributed by atoms with Crippen molar-refractivity contribution in [2.75, 3.05) is 24.0 Å². The number of thiazole rings is 1. The van der Waals surface area contributed by atoms with Gasteiger partial charge in [-0.1, -0.05) is 65.4 Å². The van der Waals surface area contributed by atoms with Crippen LogP contribution in [0.1, 0.15) is 35.0 Å². The third-order valence-electron chi connectivity index (χ3n) is 6.91. The summed E-state index contributed by atoms with van der Waals surface area (Å²) in [6.45, 7) is 4.14. The zero-order chi connectivity index (χ0) is 26.2. The Morgan fingerprint density at radius 3 is 2.34 bits per heavy atom. The van der Waals surface area contributed by atoms with Gasteiger partial charge in [-0.25, -0.2) is 14.7 Å². The standard InChI is InChI=1S/C30H29N7S/c1-20-10-14-25(15-11-20)36-21(2)29(32-34-36)26-18-28(23-12-16-24(17-13-23)35(3)4)37(33-26)30-31-27(19-38-30)22-8-6-5-7-9-22/h5-17,19,28H,18H2,1-4H3. The van der Waals surface area contributed by atoms with Crippen molar-refractivity contribution in [3.63, 3.8) is 0 Å². The van der Waals surface area contributed by atoms with Crippen molar-refractivity contribution in [1.82, 2.24) is 20.0 Å². The van der Waals surface area contributed by atoms with E-state index >= 15 is 0 Å². The first kappa shape index (κ1) is 24.1. The predicted molar refractivity (Wildman–Crippen MR) is 156 cm³/mol. The molecule has 38 heavy (non-hydrogen) atoms. The van der Waals surface area contributed by atoms with Gasteiger partial charge in [0.25, 0.3) is 0 Å². The van der Waals surface area contributed by atoms with Crippen molar-refractivity contribution >= 4 is 27.9 Å². The minimum atomic E-state index is 0.0138. The molecule has 0 aliphatic carbocycles. The van der Waals surface area contributed by atoms with Crippen molar-refractivity contribution in [2.45, 2.75) is 26.3 Å². The van der Waals surface area contributed by atoms with Gasteiger partial charge in [-0.2, -0.15) is 5.10 Å². The summed E-state index contributed by atoms with van der Waals surface area (Å²) in [4.78, 5) is 7.09. The lowest BCUT2D eigenvalue weighted by atomic mass is 10.00. The quantitative estimate of drug-likeness (QED) is 0.259. The second-order valence-corrected chi connectivity index (χ2v) is 10.6. The minimum absolute atomic E-state index is 0.0138. The van der Waals surface area contributed by atoms with Crippen LogP contribution in [0.15, 0.2) is 89.3 Å². The molecule has 6 rings (SSSR count). The van der Waals surface area contributed by atoms with Gasteiger partial charge in [-0.05, 0) is 43.7 Å². The summed E-state index contributed by atoms with van der Waals surface area (Å²) in [5, 5.41) is 19.2. The molecule has 1 aliphatic rings.